The first kappa shape index (κ1) is 28.4. The highest BCUT2D eigenvalue weighted by atomic mass is 32.2. The van der Waals surface area contributed by atoms with Crippen molar-refractivity contribution in [1.29, 1.82) is 0 Å². The minimum absolute atomic E-state index is 0.0605. The minimum Gasteiger partial charge on any atom is -0.466 e. The van der Waals surface area contributed by atoms with Gasteiger partial charge < -0.3 is 10.1 Å². The molecule has 3 rings (SSSR count). The van der Waals surface area contributed by atoms with E-state index in [-0.39, 0.29) is 17.1 Å². The van der Waals surface area contributed by atoms with E-state index in [9.17, 15) is 44.3 Å². The number of fused-ring (bicyclic) bond motifs is 1. The van der Waals surface area contributed by atoms with Crippen molar-refractivity contribution < 1.29 is 49.1 Å². The molecule has 14 heteroatoms. The highest BCUT2D eigenvalue weighted by Crippen LogP contribution is 2.54. The fraction of sp³-hybridized carbons (Fsp3) is 0.391. The van der Waals surface area contributed by atoms with Crippen molar-refractivity contribution in [2.45, 2.75) is 48.6 Å². The number of carbonyl (C=O) groups is 2. The van der Waals surface area contributed by atoms with Gasteiger partial charge in [0.15, 0.2) is 15.3 Å². The fourth-order valence-corrected chi connectivity index (χ4v) is 4.75. The van der Waals surface area contributed by atoms with Gasteiger partial charge in [-0.15, -0.1) is 0 Å². The van der Waals surface area contributed by atoms with Gasteiger partial charge >= 0.3 is 18.3 Å². The van der Waals surface area contributed by atoms with E-state index in [1.165, 1.54) is 25.1 Å². The molecule has 0 saturated carbocycles. The van der Waals surface area contributed by atoms with Crippen LogP contribution in [0.3, 0.4) is 0 Å². The Labute approximate surface area is 208 Å². The van der Waals surface area contributed by atoms with Gasteiger partial charge in [-0.2, -0.15) is 26.3 Å². The lowest BCUT2D eigenvalue weighted by Gasteiger charge is -2.37. The topological polar surface area (TPSA) is 102 Å². The third-order valence-corrected chi connectivity index (χ3v) is 7.05. The molecule has 1 aliphatic heterocycles. The predicted molar refractivity (Wildman–Crippen MR) is 119 cm³/mol. The first-order chi connectivity index (χ1) is 17.0. The Morgan fingerprint density at radius 2 is 1.62 bits per heavy atom. The number of rotatable bonds is 7. The molecular formula is C23H22F6N2O5S. The molecule has 37 heavy (non-hydrogen) atoms. The summed E-state index contributed by atoms with van der Waals surface area (Å²) in [5.41, 5.74) is -4.82. The summed E-state index contributed by atoms with van der Waals surface area (Å²) >= 11 is 0. The molecule has 2 aromatic carbocycles. The first-order valence-corrected chi connectivity index (χ1v) is 12.7. The molecule has 0 aromatic heterocycles. The van der Waals surface area contributed by atoms with Crippen LogP contribution in [0.15, 0.2) is 47.4 Å². The number of esters is 1. The van der Waals surface area contributed by atoms with E-state index in [2.05, 4.69) is 15.4 Å². The van der Waals surface area contributed by atoms with Gasteiger partial charge in [0.25, 0.3) is 0 Å². The highest BCUT2D eigenvalue weighted by Gasteiger charge is 2.72. The number of sulfone groups is 1. The molecule has 0 bridgehead atoms. The van der Waals surface area contributed by atoms with Crippen molar-refractivity contribution in [2.24, 2.45) is 0 Å². The zero-order valence-electron chi connectivity index (χ0n) is 19.5. The van der Waals surface area contributed by atoms with E-state index in [0.29, 0.717) is 23.3 Å². The molecule has 1 heterocycles. The van der Waals surface area contributed by atoms with Crippen LogP contribution in [0.4, 0.5) is 32.0 Å². The number of carbonyl (C=O) groups excluding carboxylic acids is 2. The standard InChI is InChI=1S/C23H22F6N2O5S/c1-3-36-18(32)11-21(22(24,25)26,23(27,28)29)14-4-6-15(7-5-14)31-20(33)19-17-9-8-16(37(2,34)35)10-13(17)12-30-19/h4-10,19,30H,3,11-12H2,1-2H3,(H,31,33)/t19-/m0/s1. The Bertz CT molecular complexity index is 1280. The second-order valence-electron chi connectivity index (χ2n) is 8.40. The second kappa shape index (κ2) is 9.97. The van der Waals surface area contributed by atoms with Crippen LogP contribution in [0.1, 0.15) is 36.1 Å². The lowest BCUT2D eigenvalue weighted by molar-refractivity contribution is -0.305. The lowest BCUT2D eigenvalue weighted by atomic mass is 9.76. The van der Waals surface area contributed by atoms with Crippen molar-refractivity contribution in [3.05, 3.63) is 59.2 Å². The molecule has 0 saturated heterocycles. The molecule has 0 aliphatic carbocycles. The van der Waals surface area contributed by atoms with Crippen LogP contribution in [0.2, 0.25) is 0 Å². The monoisotopic (exact) mass is 552 g/mol. The van der Waals surface area contributed by atoms with Crippen molar-refractivity contribution >= 4 is 27.4 Å². The molecule has 7 nitrogen and oxygen atoms in total. The van der Waals surface area contributed by atoms with E-state index in [4.69, 9.17) is 0 Å². The molecule has 0 spiro atoms. The molecule has 0 radical (unpaired) electrons. The largest absolute Gasteiger partial charge is 0.466 e. The summed E-state index contributed by atoms with van der Waals surface area (Å²) in [6.07, 6.45) is -12.7. The van der Waals surface area contributed by atoms with Crippen molar-refractivity contribution in [2.75, 3.05) is 18.2 Å². The maximum absolute atomic E-state index is 13.9. The number of benzene rings is 2. The van der Waals surface area contributed by atoms with Gasteiger partial charge in [0, 0.05) is 18.5 Å². The number of nitrogens with one attached hydrogen (secondary N) is 2. The Hall–Kier alpha value is -3.13. The first-order valence-electron chi connectivity index (χ1n) is 10.8. The minimum atomic E-state index is -5.88. The predicted octanol–water partition coefficient (Wildman–Crippen LogP) is 4.19. The van der Waals surface area contributed by atoms with Gasteiger partial charge in [-0.3, -0.25) is 14.9 Å². The van der Waals surface area contributed by atoms with Crippen LogP contribution in [-0.2, 0) is 36.1 Å². The number of hydrogen-bond donors (Lipinski definition) is 2. The van der Waals surface area contributed by atoms with E-state index >= 15 is 0 Å². The van der Waals surface area contributed by atoms with Crippen LogP contribution >= 0.6 is 0 Å². The number of hydrogen-bond acceptors (Lipinski definition) is 6. The lowest BCUT2D eigenvalue weighted by Crippen LogP contribution is -2.55. The van der Waals surface area contributed by atoms with Gasteiger partial charge in [-0.25, -0.2) is 8.42 Å². The Morgan fingerprint density at radius 3 is 2.14 bits per heavy atom. The highest BCUT2D eigenvalue weighted by molar-refractivity contribution is 7.90. The van der Waals surface area contributed by atoms with Gasteiger partial charge in [-0.05, 0) is 47.9 Å². The average Bonchev–Trinajstić information content (AvgIpc) is 3.19. The van der Waals surface area contributed by atoms with Crippen LogP contribution in [-0.4, -0.2) is 45.5 Å². The molecule has 2 N–H and O–H groups in total. The zero-order valence-corrected chi connectivity index (χ0v) is 20.3. The molecular weight excluding hydrogens is 530 g/mol. The summed E-state index contributed by atoms with van der Waals surface area (Å²) in [5, 5.41) is 5.29. The molecule has 2 aromatic rings. The van der Waals surface area contributed by atoms with Crippen molar-refractivity contribution in [3.8, 4) is 0 Å². The normalized spacial score (nSPS) is 16.3. The fourth-order valence-electron chi connectivity index (χ4n) is 4.07. The summed E-state index contributed by atoms with van der Waals surface area (Å²) in [7, 11) is -3.48. The number of alkyl halides is 6. The summed E-state index contributed by atoms with van der Waals surface area (Å²) in [6, 6.07) is 6.09. The third-order valence-electron chi connectivity index (χ3n) is 5.94. The zero-order chi connectivity index (χ0) is 27.8. The van der Waals surface area contributed by atoms with E-state index in [1.54, 1.807) is 0 Å². The van der Waals surface area contributed by atoms with E-state index in [1.807, 2.05) is 0 Å². The Kier molecular flexibility index (Phi) is 7.66. The Morgan fingerprint density at radius 1 is 1.03 bits per heavy atom. The quantitative estimate of drug-likeness (QED) is 0.395. The maximum atomic E-state index is 13.9. The molecule has 202 valence electrons. The molecule has 1 atom stereocenters. The SMILES string of the molecule is CCOC(=O)CC(c1ccc(NC(=O)[C@H]2NCc3cc(S(C)(=O)=O)ccc32)cc1)(C(F)(F)F)C(F)(F)F. The van der Waals surface area contributed by atoms with Crippen LogP contribution < -0.4 is 10.6 Å². The average molecular weight is 552 g/mol. The molecule has 1 aliphatic rings. The van der Waals surface area contributed by atoms with Crippen molar-refractivity contribution in [3.63, 3.8) is 0 Å². The van der Waals surface area contributed by atoms with Gasteiger partial charge in [0.05, 0.1) is 17.9 Å². The van der Waals surface area contributed by atoms with E-state index in [0.717, 1.165) is 18.4 Å². The van der Waals surface area contributed by atoms with Crippen LogP contribution in [0.25, 0.3) is 0 Å². The smallest absolute Gasteiger partial charge is 0.407 e. The summed E-state index contributed by atoms with van der Waals surface area (Å²) in [4.78, 5) is 24.6. The molecule has 0 fully saturated rings. The summed E-state index contributed by atoms with van der Waals surface area (Å²) in [5.74, 6) is -2.33. The number of anilines is 1. The number of ether oxygens (including phenoxy) is 1. The van der Waals surface area contributed by atoms with Crippen LogP contribution in [0.5, 0.6) is 0 Å². The molecule has 0 unspecified atom stereocenters. The number of amides is 1. The van der Waals surface area contributed by atoms with E-state index < -0.39 is 64.1 Å². The summed E-state index contributed by atoms with van der Waals surface area (Å²) in [6.45, 7) is 1.02. The van der Waals surface area contributed by atoms with Crippen molar-refractivity contribution in [1.82, 2.24) is 5.32 Å². The van der Waals surface area contributed by atoms with Gasteiger partial charge in [0.2, 0.25) is 5.91 Å². The second-order valence-corrected chi connectivity index (χ2v) is 10.4. The summed E-state index contributed by atoms with van der Waals surface area (Å²) < 4.78 is 111. The maximum Gasteiger partial charge on any atom is 0.407 e. The van der Waals surface area contributed by atoms with Crippen LogP contribution in [0, 0.1) is 0 Å². The van der Waals surface area contributed by atoms with Gasteiger partial charge in [0.1, 0.15) is 6.04 Å². The Balaban J connectivity index is 1.88. The molecule has 1 amide bonds. The third kappa shape index (κ3) is 5.59. The van der Waals surface area contributed by atoms with Gasteiger partial charge in [-0.1, -0.05) is 18.2 Å². The number of halogens is 6.